The number of hydrogen-bond acceptors (Lipinski definition) is 3. The van der Waals surface area contributed by atoms with Gasteiger partial charge in [0.1, 0.15) is 13.2 Å². The van der Waals surface area contributed by atoms with Crippen LogP contribution in [0.2, 0.25) is 0 Å². The van der Waals surface area contributed by atoms with Crippen LogP contribution in [-0.4, -0.2) is 25.7 Å². The SMILES string of the molecule is O=C(Cc1cccc2ccccc12)NCCc1ccc2c(c1)OCCO2. The Hall–Kier alpha value is -3.01. The van der Waals surface area contributed by atoms with E-state index >= 15 is 0 Å². The van der Waals surface area contributed by atoms with Gasteiger partial charge in [-0.3, -0.25) is 4.79 Å². The van der Waals surface area contributed by atoms with E-state index in [9.17, 15) is 4.79 Å². The zero-order valence-corrected chi connectivity index (χ0v) is 14.5. The smallest absolute Gasteiger partial charge is 0.224 e. The zero-order valence-electron chi connectivity index (χ0n) is 14.5. The van der Waals surface area contributed by atoms with Crippen molar-refractivity contribution >= 4 is 16.7 Å². The maximum atomic E-state index is 12.3. The fraction of sp³-hybridized carbons (Fsp3) is 0.227. The van der Waals surface area contributed by atoms with Crippen LogP contribution in [0.15, 0.2) is 60.7 Å². The first-order valence-corrected chi connectivity index (χ1v) is 8.91. The summed E-state index contributed by atoms with van der Waals surface area (Å²) in [5.74, 6) is 1.62. The van der Waals surface area contributed by atoms with Gasteiger partial charge in [-0.05, 0) is 40.5 Å². The monoisotopic (exact) mass is 347 g/mol. The molecular formula is C22H21NO3. The molecule has 1 amide bonds. The molecule has 132 valence electrons. The van der Waals surface area contributed by atoms with Crippen molar-refractivity contribution in [1.82, 2.24) is 5.32 Å². The normalized spacial score (nSPS) is 12.8. The first-order valence-electron chi connectivity index (χ1n) is 8.91. The molecular weight excluding hydrogens is 326 g/mol. The Morgan fingerprint density at radius 1 is 0.923 bits per heavy atom. The van der Waals surface area contributed by atoms with E-state index < -0.39 is 0 Å². The van der Waals surface area contributed by atoms with Gasteiger partial charge < -0.3 is 14.8 Å². The van der Waals surface area contributed by atoms with E-state index in [0.29, 0.717) is 26.2 Å². The molecule has 0 bridgehead atoms. The second kappa shape index (κ2) is 7.48. The minimum absolute atomic E-state index is 0.0406. The van der Waals surface area contributed by atoms with Crippen LogP contribution in [0.5, 0.6) is 11.5 Å². The lowest BCUT2D eigenvalue weighted by molar-refractivity contribution is -0.120. The summed E-state index contributed by atoms with van der Waals surface area (Å²) in [6, 6.07) is 20.2. The van der Waals surface area contributed by atoms with Crippen LogP contribution in [0, 0.1) is 0 Å². The van der Waals surface area contributed by atoms with Crippen molar-refractivity contribution in [2.24, 2.45) is 0 Å². The van der Waals surface area contributed by atoms with Gasteiger partial charge in [-0.2, -0.15) is 0 Å². The van der Waals surface area contributed by atoms with Crippen LogP contribution in [0.4, 0.5) is 0 Å². The summed E-state index contributed by atoms with van der Waals surface area (Å²) in [7, 11) is 0. The molecule has 1 aliphatic rings. The maximum Gasteiger partial charge on any atom is 0.224 e. The van der Waals surface area contributed by atoms with Crippen LogP contribution in [0.3, 0.4) is 0 Å². The average Bonchev–Trinajstić information content (AvgIpc) is 2.68. The maximum absolute atomic E-state index is 12.3. The highest BCUT2D eigenvalue weighted by atomic mass is 16.6. The van der Waals surface area contributed by atoms with Crippen LogP contribution in [0.25, 0.3) is 10.8 Å². The Bertz CT molecular complexity index is 930. The summed E-state index contributed by atoms with van der Waals surface area (Å²) in [4.78, 5) is 12.3. The van der Waals surface area contributed by atoms with Crippen molar-refractivity contribution in [3.05, 3.63) is 71.8 Å². The molecule has 0 fully saturated rings. The number of rotatable bonds is 5. The fourth-order valence-corrected chi connectivity index (χ4v) is 3.27. The number of carbonyl (C=O) groups excluding carboxylic acids is 1. The molecule has 26 heavy (non-hydrogen) atoms. The Kier molecular flexibility index (Phi) is 4.73. The Labute approximate surface area is 152 Å². The number of ether oxygens (including phenoxy) is 2. The third-order valence-corrected chi connectivity index (χ3v) is 4.57. The number of hydrogen-bond donors (Lipinski definition) is 1. The van der Waals surface area contributed by atoms with Gasteiger partial charge in [0.2, 0.25) is 5.91 Å². The molecule has 0 spiro atoms. The molecule has 0 saturated heterocycles. The van der Waals surface area contributed by atoms with E-state index in [1.807, 2.05) is 42.5 Å². The largest absolute Gasteiger partial charge is 0.486 e. The van der Waals surface area contributed by atoms with Crippen molar-refractivity contribution in [3.63, 3.8) is 0 Å². The number of benzene rings is 3. The third kappa shape index (κ3) is 3.64. The van der Waals surface area contributed by atoms with E-state index in [1.165, 1.54) is 0 Å². The minimum Gasteiger partial charge on any atom is -0.486 e. The molecule has 1 N–H and O–H groups in total. The van der Waals surface area contributed by atoms with Gasteiger partial charge >= 0.3 is 0 Å². The number of fused-ring (bicyclic) bond motifs is 2. The summed E-state index contributed by atoms with van der Waals surface area (Å²) < 4.78 is 11.1. The van der Waals surface area contributed by atoms with Crippen LogP contribution in [0.1, 0.15) is 11.1 Å². The predicted molar refractivity (Wildman–Crippen MR) is 102 cm³/mol. The molecule has 1 heterocycles. The fourth-order valence-electron chi connectivity index (χ4n) is 3.27. The van der Waals surface area contributed by atoms with E-state index in [1.54, 1.807) is 0 Å². The third-order valence-electron chi connectivity index (χ3n) is 4.57. The summed E-state index contributed by atoms with van der Waals surface area (Å²) >= 11 is 0. The van der Waals surface area contributed by atoms with Crippen molar-refractivity contribution in [3.8, 4) is 11.5 Å². The van der Waals surface area contributed by atoms with Crippen LogP contribution in [-0.2, 0) is 17.6 Å². The molecule has 0 saturated carbocycles. The zero-order chi connectivity index (χ0) is 17.8. The first-order chi connectivity index (χ1) is 12.8. The van der Waals surface area contributed by atoms with Gasteiger partial charge in [-0.25, -0.2) is 0 Å². The van der Waals surface area contributed by atoms with E-state index in [-0.39, 0.29) is 5.91 Å². The molecule has 0 atom stereocenters. The van der Waals surface area contributed by atoms with Gasteiger partial charge in [0.15, 0.2) is 11.5 Å². The lowest BCUT2D eigenvalue weighted by atomic mass is 10.0. The quantitative estimate of drug-likeness (QED) is 0.768. The lowest BCUT2D eigenvalue weighted by Crippen LogP contribution is -2.27. The molecule has 0 unspecified atom stereocenters. The van der Waals surface area contributed by atoms with Gasteiger partial charge in [0.05, 0.1) is 6.42 Å². The van der Waals surface area contributed by atoms with Gasteiger partial charge in [-0.15, -0.1) is 0 Å². The summed E-state index contributed by atoms with van der Waals surface area (Å²) in [5.41, 5.74) is 2.18. The second-order valence-corrected chi connectivity index (χ2v) is 6.39. The summed E-state index contributed by atoms with van der Waals surface area (Å²) in [6.07, 6.45) is 1.15. The van der Waals surface area contributed by atoms with Gasteiger partial charge in [0, 0.05) is 6.54 Å². The Morgan fingerprint density at radius 3 is 2.65 bits per heavy atom. The van der Waals surface area contributed by atoms with Crippen molar-refractivity contribution in [2.75, 3.05) is 19.8 Å². The highest BCUT2D eigenvalue weighted by Crippen LogP contribution is 2.30. The molecule has 0 aromatic heterocycles. The van der Waals surface area contributed by atoms with E-state index in [4.69, 9.17) is 9.47 Å². The molecule has 1 aliphatic heterocycles. The predicted octanol–water partition coefficient (Wildman–Crippen LogP) is 3.51. The average molecular weight is 347 g/mol. The Balaban J connectivity index is 1.34. The number of nitrogens with one attached hydrogen (secondary N) is 1. The van der Waals surface area contributed by atoms with Crippen LogP contribution >= 0.6 is 0 Å². The van der Waals surface area contributed by atoms with Gasteiger partial charge in [-0.1, -0.05) is 48.5 Å². The first kappa shape index (κ1) is 16.5. The Morgan fingerprint density at radius 2 is 1.73 bits per heavy atom. The molecule has 0 aliphatic carbocycles. The highest BCUT2D eigenvalue weighted by molar-refractivity contribution is 5.90. The topological polar surface area (TPSA) is 47.6 Å². The molecule has 4 rings (SSSR count). The van der Waals surface area contributed by atoms with Crippen molar-refractivity contribution in [2.45, 2.75) is 12.8 Å². The standard InChI is InChI=1S/C22H21NO3/c24-22(15-18-6-3-5-17-4-1-2-7-19(17)18)23-11-10-16-8-9-20-21(14-16)26-13-12-25-20/h1-9,14H,10-13,15H2,(H,23,24). The van der Waals surface area contributed by atoms with Crippen molar-refractivity contribution < 1.29 is 14.3 Å². The molecule has 3 aromatic rings. The van der Waals surface area contributed by atoms with Gasteiger partial charge in [0.25, 0.3) is 0 Å². The summed E-state index contributed by atoms with van der Waals surface area (Å²) in [6.45, 7) is 1.78. The summed E-state index contributed by atoms with van der Waals surface area (Å²) in [5, 5.41) is 5.31. The number of amides is 1. The van der Waals surface area contributed by atoms with E-state index in [0.717, 1.165) is 39.8 Å². The van der Waals surface area contributed by atoms with Crippen molar-refractivity contribution in [1.29, 1.82) is 0 Å². The van der Waals surface area contributed by atoms with Crippen LogP contribution < -0.4 is 14.8 Å². The number of carbonyl (C=O) groups is 1. The van der Waals surface area contributed by atoms with E-state index in [2.05, 4.69) is 23.5 Å². The molecule has 3 aromatic carbocycles. The highest BCUT2D eigenvalue weighted by Gasteiger charge is 2.12. The second-order valence-electron chi connectivity index (χ2n) is 6.39. The molecule has 4 nitrogen and oxygen atoms in total. The minimum atomic E-state index is 0.0406. The molecule has 4 heteroatoms. The molecule has 0 radical (unpaired) electrons. The lowest BCUT2D eigenvalue weighted by Gasteiger charge is -2.18.